The van der Waals surface area contributed by atoms with Gasteiger partial charge in [0.25, 0.3) is 0 Å². The fraction of sp³-hybridized carbons (Fsp3) is 0.500. The summed E-state index contributed by atoms with van der Waals surface area (Å²) in [4.78, 5) is 43.1. The van der Waals surface area contributed by atoms with E-state index in [2.05, 4.69) is 4.74 Å². The SMILES string of the molecule is O=C([O-])C1(C(=O)[O-])CCOC1(C(=O)[O-])C(=O)[O-].[K+].[K+].[K+].[K+]. The van der Waals surface area contributed by atoms with E-state index in [9.17, 15) is 39.6 Å². The molecule has 0 radical (unpaired) electrons. The van der Waals surface area contributed by atoms with E-state index in [4.69, 9.17) is 0 Å². The van der Waals surface area contributed by atoms with Crippen LogP contribution in [0, 0.1) is 5.41 Å². The number of carboxylic acids is 4. The number of rotatable bonds is 4. The van der Waals surface area contributed by atoms with Crippen LogP contribution in [-0.4, -0.2) is 36.1 Å². The molecule has 1 heterocycles. The summed E-state index contributed by atoms with van der Waals surface area (Å²) < 4.78 is 4.24. The zero-order chi connectivity index (χ0) is 13.4. The monoisotopic (exact) mass is 400 g/mol. The van der Waals surface area contributed by atoms with Gasteiger partial charge in [0, 0.05) is 6.61 Å². The number of hydrogen-bond donors (Lipinski definition) is 0. The third-order valence-electron chi connectivity index (χ3n) is 2.67. The van der Waals surface area contributed by atoms with Gasteiger partial charge in [0.1, 0.15) is 0 Å². The topological polar surface area (TPSA) is 170 Å². The van der Waals surface area contributed by atoms with Gasteiger partial charge in [-0.15, -0.1) is 0 Å². The molecule has 1 fully saturated rings. The normalized spacial score (nSPS) is 16.8. The average Bonchev–Trinajstić information content (AvgIpc) is 2.58. The van der Waals surface area contributed by atoms with Crippen LogP contribution < -0.4 is 226 Å². The molecule has 0 aromatic heterocycles. The van der Waals surface area contributed by atoms with Gasteiger partial charge in [-0.1, -0.05) is 0 Å². The summed E-state index contributed by atoms with van der Waals surface area (Å²) in [5.41, 5.74) is -7.05. The first-order chi connectivity index (χ1) is 7.73. The molecule has 0 aromatic carbocycles. The third kappa shape index (κ3) is 5.93. The molecule has 9 nitrogen and oxygen atoms in total. The van der Waals surface area contributed by atoms with E-state index in [-0.39, 0.29) is 206 Å². The molecule has 0 N–H and O–H groups in total. The maximum Gasteiger partial charge on any atom is 1.00 e. The summed E-state index contributed by atoms with van der Waals surface area (Å²) >= 11 is 0. The van der Waals surface area contributed by atoms with E-state index >= 15 is 0 Å². The fourth-order valence-electron chi connectivity index (χ4n) is 1.78. The predicted octanol–water partition coefficient (Wildman–Crippen LogP) is -18.9. The number of ether oxygens (including phenoxy) is 1. The number of carbonyl (C=O) groups is 4. The minimum Gasteiger partial charge on any atom is -0.549 e. The molecule has 0 spiro atoms. The van der Waals surface area contributed by atoms with Crippen molar-refractivity contribution in [3.05, 3.63) is 0 Å². The van der Waals surface area contributed by atoms with Gasteiger partial charge in [0.05, 0.1) is 29.3 Å². The van der Waals surface area contributed by atoms with Crippen molar-refractivity contribution in [1.82, 2.24) is 0 Å². The Morgan fingerprint density at radius 2 is 1.05 bits per heavy atom. The van der Waals surface area contributed by atoms with Crippen molar-refractivity contribution >= 4 is 23.9 Å². The van der Waals surface area contributed by atoms with E-state index in [1.807, 2.05) is 0 Å². The van der Waals surface area contributed by atoms with Crippen LogP contribution in [0.5, 0.6) is 0 Å². The largest absolute Gasteiger partial charge is 1.00 e. The minimum absolute atomic E-state index is 0. The average molecular weight is 401 g/mol. The van der Waals surface area contributed by atoms with Gasteiger partial charge in [0.2, 0.25) is 0 Å². The molecule has 0 saturated carbocycles. The first-order valence-corrected chi connectivity index (χ1v) is 4.23. The van der Waals surface area contributed by atoms with E-state index in [0.717, 1.165) is 0 Å². The van der Waals surface area contributed by atoms with Crippen molar-refractivity contribution in [2.45, 2.75) is 12.0 Å². The summed E-state index contributed by atoms with van der Waals surface area (Å²) in [6, 6.07) is 0. The van der Waals surface area contributed by atoms with Gasteiger partial charge < -0.3 is 44.3 Å². The Bertz CT molecular complexity index is 358. The quantitative estimate of drug-likeness (QED) is 0.328. The molecule has 0 bridgehead atoms. The molecule has 1 aliphatic heterocycles. The fourth-order valence-corrected chi connectivity index (χ4v) is 1.78. The maximum atomic E-state index is 10.8. The number of aliphatic carboxylic acids is 4. The Balaban J connectivity index is -0.000000361. The molecule has 0 aliphatic carbocycles. The van der Waals surface area contributed by atoms with Crippen LogP contribution in [0.25, 0.3) is 0 Å². The van der Waals surface area contributed by atoms with Crippen molar-refractivity contribution in [2.24, 2.45) is 5.41 Å². The van der Waals surface area contributed by atoms with Gasteiger partial charge in [0.15, 0.2) is 5.60 Å². The first-order valence-electron chi connectivity index (χ1n) is 4.23. The van der Waals surface area contributed by atoms with Gasteiger partial charge >= 0.3 is 206 Å². The van der Waals surface area contributed by atoms with Crippen LogP contribution >= 0.6 is 0 Å². The second-order valence-electron chi connectivity index (χ2n) is 3.33. The predicted molar refractivity (Wildman–Crippen MR) is 35.8 cm³/mol. The Labute approximate surface area is 289 Å². The van der Waals surface area contributed by atoms with Gasteiger partial charge in [-0.25, -0.2) is 0 Å². The summed E-state index contributed by atoms with van der Waals surface area (Å²) in [6.07, 6.45) is -0.945. The van der Waals surface area contributed by atoms with Crippen LogP contribution in [0.2, 0.25) is 0 Å². The Hall–Kier alpha value is 4.39. The molecule has 0 aromatic rings. The molecule has 21 heavy (non-hydrogen) atoms. The van der Waals surface area contributed by atoms with Gasteiger partial charge in [-0.3, -0.25) is 0 Å². The molecule has 0 atom stereocenters. The summed E-state index contributed by atoms with van der Waals surface area (Å²) in [5.74, 6) is -10.0. The second-order valence-corrected chi connectivity index (χ2v) is 3.33. The van der Waals surface area contributed by atoms with E-state index in [1.54, 1.807) is 0 Å². The molecule has 1 aliphatic rings. The molecular formula is C8H4K4O9. The van der Waals surface area contributed by atoms with Crippen LogP contribution in [0.4, 0.5) is 0 Å². The molecule has 94 valence electrons. The molecular weight excluding hydrogens is 396 g/mol. The van der Waals surface area contributed by atoms with Gasteiger partial charge in [-0.05, 0) is 6.42 Å². The van der Waals surface area contributed by atoms with Crippen molar-refractivity contribution in [3.8, 4) is 0 Å². The van der Waals surface area contributed by atoms with E-state index in [0.29, 0.717) is 0 Å². The molecule has 1 saturated heterocycles. The Kier molecular flexibility index (Phi) is 21.3. The molecule has 0 amide bonds. The van der Waals surface area contributed by atoms with Crippen molar-refractivity contribution < 1.29 is 250 Å². The Morgan fingerprint density at radius 3 is 1.24 bits per heavy atom. The van der Waals surface area contributed by atoms with E-state index < -0.39 is 47.9 Å². The van der Waals surface area contributed by atoms with Crippen molar-refractivity contribution in [1.29, 1.82) is 0 Å². The summed E-state index contributed by atoms with van der Waals surface area (Å²) in [5, 5.41) is 43.1. The number of hydrogen-bond acceptors (Lipinski definition) is 9. The molecule has 1 rings (SSSR count). The van der Waals surface area contributed by atoms with Crippen LogP contribution in [-0.2, 0) is 23.9 Å². The standard InChI is InChI=1S/C8H8O9.4K/c9-3(10)7(4(11)12)1-2-17-8(7,5(13)14)6(15)16;;;;/h1-2H2,(H,9,10)(H,11,12)(H,13,14)(H,15,16);;;;/q;4*+1/p-4. The smallest absolute Gasteiger partial charge is 0.549 e. The maximum absolute atomic E-state index is 10.8. The zero-order valence-electron chi connectivity index (χ0n) is 12.1. The van der Waals surface area contributed by atoms with E-state index in [1.165, 1.54) is 0 Å². The summed E-state index contributed by atoms with van der Waals surface area (Å²) in [6.45, 7) is -0.746. The number of carbonyl (C=O) groups excluding carboxylic acids is 4. The third-order valence-corrected chi connectivity index (χ3v) is 2.67. The second kappa shape index (κ2) is 13.5. The molecule has 0 unspecified atom stereocenters. The first kappa shape index (κ1) is 33.0. The number of carboxylic acid groups (broad SMARTS) is 4. The summed E-state index contributed by atoms with van der Waals surface area (Å²) in [7, 11) is 0. The minimum atomic E-state index is -3.66. The zero-order valence-corrected chi connectivity index (χ0v) is 24.6. The van der Waals surface area contributed by atoms with Gasteiger partial charge in [-0.2, -0.15) is 0 Å². The van der Waals surface area contributed by atoms with Crippen LogP contribution in [0.15, 0.2) is 0 Å². The molecule has 13 heteroatoms. The van der Waals surface area contributed by atoms with Crippen molar-refractivity contribution in [3.63, 3.8) is 0 Å². The van der Waals surface area contributed by atoms with Crippen molar-refractivity contribution in [2.75, 3.05) is 6.61 Å². The van der Waals surface area contributed by atoms with Crippen LogP contribution in [0.3, 0.4) is 0 Å². The van der Waals surface area contributed by atoms with Crippen LogP contribution in [0.1, 0.15) is 6.42 Å². The Morgan fingerprint density at radius 1 is 0.714 bits per heavy atom.